The molecule has 0 atom stereocenters. The van der Waals surface area contributed by atoms with Crippen LogP contribution in [0.2, 0.25) is 0 Å². The Balaban J connectivity index is 0.000000511. The molecule has 4 heteroatoms. The molecule has 0 spiro atoms. The molecule has 0 unspecified atom stereocenters. The second kappa shape index (κ2) is 8.32. The predicted molar refractivity (Wildman–Crippen MR) is 58.7 cm³/mol. The first-order valence-corrected chi connectivity index (χ1v) is 4.58. The number of nitriles is 1. The number of nitrogens with zero attached hydrogens (tertiary/aromatic N) is 3. The van der Waals surface area contributed by atoms with Gasteiger partial charge in [0.25, 0.3) is 0 Å². The first kappa shape index (κ1) is 15.2. The van der Waals surface area contributed by atoms with Gasteiger partial charge in [-0.1, -0.05) is 11.6 Å². The van der Waals surface area contributed by atoms with Gasteiger partial charge in [-0.05, 0) is 12.3 Å². The fourth-order valence-electron chi connectivity index (χ4n) is 0.989. The minimum Gasteiger partial charge on any atom is -0.448 e. The van der Waals surface area contributed by atoms with E-state index in [0.717, 1.165) is 5.52 Å². The summed E-state index contributed by atoms with van der Waals surface area (Å²) in [6, 6.07) is 7.22. The Morgan fingerprint density at radius 2 is 2.00 bits per heavy atom. The van der Waals surface area contributed by atoms with Crippen LogP contribution < -0.4 is 0 Å². The largest absolute Gasteiger partial charge is 0.448 e. The minimum atomic E-state index is 0. The first-order valence-electron chi connectivity index (χ1n) is 4.58. The summed E-state index contributed by atoms with van der Waals surface area (Å²) in [7, 11) is 0. The van der Waals surface area contributed by atoms with Crippen LogP contribution >= 0.6 is 0 Å². The van der Waals surface area contributed by atoms with Crippen LogP contribution in [-0.4, -0.2) is 9.97 Å². The summed E-state index contributed by atoms with van der Waals surface area (Å²) in [5.41, 5.74) is 2.08. The molecule has 16 heavy (non-hydrogen) atoms. The van der Waals surface area contributed by atoms with Crippen molar-refractivity contribution in [3.8, 4) is 6.07 Å². The molecule has 0 saturated carbocycles. The zero-order valence-corrected chi connectivity index (χ0v) is 12.1. The molecular weight excluding hydrogens is 275 g/mol. The summed E-state index contributed by atoms with van der Waals surface area (Å²) in [5.74, 6) is 0. The maximum absolute atomic E-state index is 8.59. The number of benzene rings is 1. The van der Waals surface area contributed by atoms with E-state index in [1.165, 1.54) is 6.20 Å². The van der Waals surface area contributed by atoms with Crippen molar-refractivity contribution < 1.29 is 32.7 Å². The third kappa shape index (κ3) is 4.34. The van der Waals surface area contributed by atoms with Crippen molar-refractivity contribution in [2.45, 2.75) is 13.8 Å². The van der Waals surface area contributed by atoms with Crippen LogP contribution in [0.1, 0.15) is 19.4 Å². The van der Waals surface area contributed by atoms with Crippen molar-refractivity contribution in [1.29, 1.82) is 5.26 Å². The monoisotopic (exact) mass is 286 g/mol. The van der Waals surface area contributed by atoms with Gasteiger partial charge in [0.1, 0.15) is 0 Å². The van der Waals surface area contributed by atoms with E-state index in [1.807, 2.05) is 26.3 Å². The zero-order chi connectivity index (χ0) is 11.1. The molecule has 1 radical (unpaired) electrons. The molecule has 2 rings (SSSR count). The number of rotatable bonds is 0. The van der Waals surface area contributed by atoms with Crippen LogP contribution in [0.3, 0.4) is 0 Å². The van der Waals surface area contributed by atoms with Gasteiger partial charge in [-0.2, -0.15) is 19.1 Å². The van der Waals surface area contributed by atoms with Crippen LogP contribution in [0.5, 0.6) is 0 Å². The standard InChI is InChI=1S/C9H4N3.C3H7.Y/c10-6-7-1-2-8-9(5-7)12-4-3-11-8;1-3-2;/h1-3,5H;3H,1-2H3;/q2*-1;. The molecule has 0 amide bonds. The first-order chi connectivity index (χ1) is 7.31. The molecule has 0 fully saturated rings. The van der Waals surface area contributed by atoms with Crippen LogP contribution in [0.15, 0.2) is 24.4 Å². The zero-order valence-electron chi connectivity index (χ0n) is 9.31. The van der Waals surface area contributed by atoms with Gasteiger partial charge in [0, 0.05) is 43.8 Å². The smallest absolute Gasteiger partial charge is 0.0976 e. The number of hydrogen-bond donors (Lipinski definition) is 0. The number of hydrogen-bond acceptors (Lipinski definition) is 3. The Kier molecular flexibility index (Phi) is 7.88. The summed E-state index contributed by atoms with van der Waals surface area (Å²) in [6.45, 7) is 4.00. The van der Waals surface area contributed by atoms with E-state index >= 15 is 0 Å². The van der Waals surface area contributed by atoms with Crippen molar-refractivity contribution >= 4 is 11.0 Å². The van der Waals surface area contributed by atoms with Gasteiger partial charge in [0.05, 0.1) is 6.07 Å². The van der Waals surface area contributed by atoms with E-state index in [-0.39, 0.29) is 32.7 Å². The van der Waals surface area contributed by atoms with Crippen molar-refractivity contribution in [3.05, 3.63) is 42.6 Å². The quantitative estimate of drug-likeness (QED) is 0.699. The van der Waals surface area contributed by atoms with E-state index in [4.69, 9.17) is 5.26 Å². The molecule has 1 aromatic heterocycles. The van der Waals surface area contributed by atoms with Gasteiger partial charge in [-0.25, -0.2) is 0 Å². The number of aromatic nitrogens is 2. The fourth-order valence-corrected chi connectivity index (χ4v) is 0.989. The minimum absolute atomic E-state index is 0. The summed E-state index contributed by atoms with van der Waals surface area (Å²) in [5, 5.41) is 8.59. The second-order valence-electron chi connectivity index (χ2n) is 2.89. The average Bonchev–Trinajstić information content (AvgIpc) is 2.29. The third-order valence-electron chi connectivity index (χ3n) is 1.55. The van der Waals surface area contributed by atoms with E-state index < -0.39 is 0 Å². The number of fused-ring (bicyclic) bond motifs is 1. The molecule has 0 aliphatic heterocycles. The molecule has 1 heterocycles. The SMILES string of the molecule is C[CH-]C.N#Cc1ccc2nc[c-]nc2c1.[Y]. The van der Waals surface area contributed by atoms with Crippen LogP contribution in [0, 0.1) is 23.9 Å². The molecule has 0 aliphatic carbocycles. The topological polar surface area (TPSA) is 49.6 Å². The van der Waals surface area contributed by atoms with Crippen molar-refractivity contribution in [1.82, 2.24) is 9.97 Å². The normalized spacial score (nSPS) is 8.31. The predicted octanol–water partition coefficient (Wildman–Crippen LogP) is 2.53. The molecule has 0 N–H and O–H groups in total. The molecule has 1 aromatic carbocycles. The van der Waals surface area contributed by atoms with Crippen molar-refractivity contribution in [2.24, 2.45) is 0 Å². The summed E-state index contributed by atoms with van der Waals surface area (Å²) in [4.78, 5) is 7.98. The summed E-state index contributed by atoms with van der Waals surface area (Å²) >= 11 is 0. The molecular formula is C12H11N3Y-2. The molecule has 0 saturated heterocycles. The average molecular weight is 286 g/mol. The van der Waals surface area contributed by atoms with Crippen LogP contribution in [-0.2, 0) is 32.7 Å². The van der Waals surface area contributed by atoms with E-state index in [1.54, 1.807) is 18.2 Å². The van der Waals surface area contributed by atoms with Crippen molar-refractivity contribution in [2.75, 3.05) is 0 Å². The van der Waals surface area contributed by atoms with Gasteiger partial charge >= 0.3 is 0 Å². The fraction of sp³-hybridized carbons (Fsp3) is 0.167. The Hall–Kier alpha value is -0.846. The third-order valence-corrected chi connectivity index (χ3v) is 1.55. The Bertz CT molecular complexity index is 477. The van der Waals surface area contributed by atoms with Crippen molar-refractivity contribution in [3.63, 3.8) is 0 Å². The maximum atomic E-state index is 8.59. The second-order valence-corrected chi connectivity index (χ2v) is 2.89. The molecule has 79 valence electrons. The maximum Gasteiger partial charge on any atom is 0.0976 e. The Morgan fingerprint density at radius 1 is 1.31 bits per heavy atom. The summed E-state index contributed by atoms with van der Waals surface area (Å²) in [6.07, 6.45) is 6.12. The van der Waals surface area contributed by atoms with Gasteiger partial charge < -0.3 is 11.4 Å². The van der Waals surface area contributed by atoms with E-state index in [0.29, 0.717) is 11.1 Å². The molecule has 2 aromatic rings. The molecule has 0 bridgehead atoms. The molecule has 0 aliphatic rings. The Labute approximate surface area is 121 Å². The van der Waals surface area contributed by atoms with Gasteiger partial charge in [0.2, 0.25) is 0 Å². The summed E-state index contributed by atoms with van der Waals surface area (Å²) < 4.78 is 0. The van der Waals surface area contributed by atoms with E-state index in [9.17, 15) is 0 Å². The van der Waals surface area contributed by atoms with Gasteiger partial charge in [-0.3, -0.25) is 4.98 Å². The van der Waals surface area contributed by atoms with Gasteiger partial charge in [-0.15, -0.1) is 12.3 Å². The van der Waals surface area contributed by atoms with Crippen LogP contribution in [0.4, 0.5) is 0 Å². The van der Waals surface area contributed by atoms with E-state index in [2.05, 4.69) is 16.2 Å². The molecule has 3 nitrogen and oxygen atoms in total. The van der Waals surface area contributed by atoms with Gasteiger partial charge in [0.15, 0.2) is 0 Å². The Morgan fingerprint density at radius 3 is 2.62 bits per heavy atom. The van der Waals surface area contributed by atoms with Crippen LogP contribution in [0.25, 0.3) is 11.0 Å².